The highest BCUT2D eigenvalue weighted by Gasteiger charge is 2.26. The molecular weight excluding hydrogens is 490 g/mol. The van der Waals surface area contributed by atoms with Crippen molar-refractivity contribution in [2.24, 2.45) is 0 Å². The normalized spacial score (nSPS) is 11.3. The van der Waals surface area contributed by atoms with Crippen LogP contribution in [0.1, 0.15) is 24.4 Å². The first-order valence-electron chi connectivity index (χ1n) is 11.8. The Morgan fingerprint density at radius 2 is 1.55 bits per heavy atom. The Labute approximate surface area is 219 Å². The van der Waals surface area contributed by atoms with Gasteiger partial charge in [0.15, 0.2) is 6.61 Å². The molecule has 10 nitrogen and oxygen atoms in total. The molecule has 0 bridgehead atoms. The summed E-state index contributed by atoms with van der Waals surface area (Å²) in [6.07, 6.45) is -0.695. The van der Waals surface area contributed by atoms with Gasteiger partial charge in [-0.2, -0.15) is 4.98 Å². The molecule has 0 unspecified atom stereocenters. The van der Waals surface area contributed by atoms with Gasteiger partial charge in [0, 0.05) is 5.56 Å². The fourth-order valence-electron chi connectivity index (χ4n) is 3.55. The van der Waals surface area contributed by atoms with E-state index in [1.54, 1.807) is 62.6 Å². The van der Waals surface area contributed by atoms with E-state index in [4.69, 9.17) is 23.5 Å². The highest BCUT2D eigenvalue weighted by atomic mass is 16.6. The number of carbonyl (C=O) groups excluding carboxylic acids is 2. The molecule has 0 N–H and O–H groups in total. The predicted molar refractivity (Wildman–Crippen MR) is 137 cm³/mol. The van der Waals surface area contributed by atoms with Crippen molar-refractivity contribution in [1.29, 1.82) is 0 Å². The molecule has 1 heterocycles. The summed E-state index contributed by atoms with van der Waals surface area (Å²) in [4.78, 5) is 30.7. The SMILES string of the molecule is COC(=O)CN(C(=O)Oc1ccc(OC)cc1)[C@@H](C)c1ccc(OCc2noc(-c3ccccc3)n2)cc1. The van der Waals surface area contributed by atoms with Crippen molar-refractivity contribution in [3.63, 3.8) is 0 Å². The van der Waals surface area contributed by atoms with Crippen LogP contribution in [-0.2, 0) is 16.1 Å². The van der Waals surface area contributed by atoms with E-state index < -0.39 is 18.1 Å². The number of aromatic nitrogens is 2. The van der Waals surface area contributed by atoms with Crippen LogP contribution in [0.3, 0.4) is 0 Å². The predicted octanol–water partition coefficient (Wildman–Crippen LogP) is 5.06. The van der Waals surface area contributed by atoms with E-state index in [1.165, 1.54) is 12.0 Å². The van der Waals surface area contributed by atoms with Crippen molar-refractivity contribution >= 4 is 12.1 Å². The molecule has 1 aromatic heterocycles. The quantitative estimate of drug-likeness (QED) is 0.266. The summed E-state index contributed by atoms with van der Waals surface area (Å²) in [6, 6.07) is 22.6. The first-order chi connectivity index (χ1) is 18.5. The van der Waals surface area contributed by atoms with Gasteiger partial charge in [-0.25, -0.2) is 4.79 Å². The molecule has 0 aliphatic rings. The lowest BCUT2D eigenvalue weighted by atomic mass is 10.1. The molecule has 4 rings (SSSR count). The molecule has 0 saturated carbocycles. The van der Waals surface area contributed by atoms with Crippen LogP contribution in [0.2, 0.25) is 0 Å². The average Bonchev–Trinajstić information content (AvgIpc) is 3.44. The van der Waals surface area contributed by atoms with E-state index in [9.17, 15) is 9.59 Å². The van der Waals surface area contributed by atoms with Crippen molar-refractivity contribution in [3.05, 3.63) is 90.3 Å². The van der Waals surface area contributed by atoms with Gasteiger partial charge in [0.05, 0.1) is 20.3 Å². The minimum atomic E-state index is -0.695. The maximum atomic E-state index is 13.0. The highest BCUT2D eigenvalue weighted by molar-refractivity contribution is 5.79. The van der Waals surface area contributed by atoms with Crippen LogP contribution >= 0.6 is 0 Å². The lowest BCUT2D eigenvalue weighted by Gasteiger charge is -2.27. The van der Waals surface area contributed by atoms with Gasteiger partial charge in [-0.3, -0.25) is 9.69 Å². The van der Waals surface area contributed by atoms with Crippen LogP contribution in [0.4, 0.5) is 4.79 Å². The fraction of sp³-hybridized carbons (Fsp3) is 0.214. The molecule has 10 heteroatoms. The van der Waals surface area contributed by atoms with Crippen molar-refractivity contribution in [3.8, 4) is 28.7 Å². The fourth-order valence-corrected chi connectivity index (χ4v) is 3.55. The Morgan fingerprint density at radius 1 is 0.895 bits per heavy atom. The minimum absolute atomic E-state index is 0.119. The van der Waals surface area contributed by atoms with E-state index >= 15 is 0 Å². The zero-order chi connectivity index (χ0) is 26.9. The first kappa shape index (κ1) is 26.2. The number of hydrogen-bond acceptors (Lipinski definition) is 9. The molecule has 1 atom stereocenters. The van der Waals surface area contributed by atoms with Crippen LogP contribution < -0.4 is 14.2 Å². The molecule has 0 aliphatic heterocycles. The van der Waals surface area contributed by atoms with E-state index in [2.05, 4.69) is 10.1 Å². The van der Waals surface area contributed by atoms with Crippen LogP contribution in [0.15, 0.2) is 83.4 Å². The second-order valence-corrected chi connectivity index (χ2v) is 8.16. The number of rotatable bonds is 10. The standard InChI is InChI=1S/C28H27N3O7/c1-19(31(17-26(32)35-3)28(33)37-24-15-13-22(34-2)14-16-24)20-9-11-23(12-10-20)36-18-25-29-27(38-30-25)21-7-5-4-6-8-21/h4-16,19H,17-18H2,1-3H3/t19-/m0/s1. The summed E-state index contributed by atoms with van der Waals surface area (Å²) >= 11 is 0. The number of carbonyl (C=O) groups is 2. The summed E-state index contributed by atoms with van der Waals surface area (Å²) in [5.74, 6) is 1.78. The van der Waals surface area contributed by atoms with Crippen LogP contribution in [-0.4, -0.2) is 47.9 Å². The lowest BCUT2D eigenvalue weighted by Crippen LogP contribution is -2.40. The van der Waals surface area contributed by atoms with Crippen molar-refractivity contribution < 1.29 is 33.1 Å². The summed E-state index contributed by atoms with van der Waals surface area (Å²) in [5.41, 5.74) is 1.59. The second-order valence-electron chi connectivity index (χ2n) is 8.16. The summed E-state index contributed by atoms with van der Waals surface area (Å²) in [6.45, 7) is 1.62. The molecule has 4 aromatic rings. The Hall–Kier alpha value is -4.86. The van der Waals surface area contributed by atoms with E-state index in [-0.39, 0.29) is 13.2 Å². The summed E-state index contributed by atoms with van der Waals surface area (Å²) < 4.78 is 26.5. The Kier molecular flexibility index (Phi) is 8.55. The summed E-state index contributed by atoms with van der Waals surface area (Å²) in [5, 5.41) is 3.96. The monoisotopic (exact) mass is 517 g/mol. The van der Waals surface area contributed by atoms with Crippen molar-refractivity contribution in [1.82, 2.24) is 15.0 Å². The minimum Gasteiger partial charge on any atom is -0.497 e. The molecule has 3 aromatic carbocycles. The zero-order valence-electron chi connectivity index (χ0n) is 21.2. The third-order valence-electron chi connectivity index (χ3n) is 5.71. The van der Waals surface area contributed by atoms with Crippen LogP contribution in [0.5, 0.6) is 17.2 Å². The van der Waals surface area contributed by atoms with E-state index in [0.29, 0.717) is 29.0 Å². The van der Waals surface area contributed by atoms with Gasteiger partial charge < -0.3 is 23.5 Å². The van der Waals surface area contributed by atoms with Gasteiger partial charge in [-0.15, -0.1) is 0 Å². The Bertz CT molecular complexity index is 1340. The Balaban J connectivity index is 1.40. The highest BCUT2D eigenvalue weighted by Crippen LogP contribution is 2.26. The van der Waals surface area contributed by atoms with Gasteiger partial charge in [-0.1, -0.05) is 35.5 Å². The molecule has 0 radical (unpaired) electrons. The van der Waals surface area contributed by atoms with Crippen molar-refractivity contribution in [2.75, 3.05) is 20.8 Å². The number of hydrogen-bond donors (Lipinski definition) is 0. The molecule has 38 heavy (non-hydrogen) atoms. The molecule has 196 valence electrons. The Morgan fingerprint density at radius 3 is 2.21 bits per heavy atom. The largest absolute Gasteiger partial charge is 0.497 e. The zero-order valence-corrected chi connectivity index (χ0v) is 21.2. The van der Waals surface area contributed by atoms with Crippen LogP contribution in [0.25, 0.3) is 11.5 Å². The van der Waals surface area contributed by atoms with E-state index in [1.807, 2.05) is 30.3 Å². The third-order valence-corrected chi connectivity index (χ3v) is 5.71. The topological polar surface area (TPSA) is 113 Å². The van der Waals surface area contributed by atoms with Gasteiger partial charge in [0.25, 0.3) is 5.89 Å². The van der Waals surface area contributed by atoms with Gasteiger partial charge in [0.2, 0.25) is 5.82 Å². The number of benzene rings is 3. The molecule has 0 fully saturated rings. The van der Waals surface area contributed by atoms with Gasteiger partial charge >= 0.3 is 12.1 Å². The van der Waals surface area contributed by atoms with Crippen molar-refractivity contribution in [2.45, 2.75) is 19.6 Å². The number of nitrogens with zero attached hydrogens (tertiary/aromatic N) is 3. The second kappa shape index (κ2) is 12.4. The molecular formula is C28H27N3O7. The number of esters is 1. The smallest absolute Gasteiger partial charge is 0.416 e. The first-order valence-corrected chi connectivity index (χ1v) is 11.8. The average molecular weight is 518 g/mol. The van der Waals surface area contributed by atoms with Crippen LogP contribution in [0, 0.1) is 0 Å². The third kappa shape index (κ3) is 6.67. The maximum absolute atomic E-state index is 13.0. The van der Waals surface area contributed by atoms with Gasteiger partial charge in [-0.05, 0) is 61.0 Å². The van der Waals surface area contributed by atoms with Gasteiger partial charge in [0.1, 0.15) is 23.8 Å². The summed E-state index contributed by atoms with van der Waals surface area (Å²) in [7, 11) is 2.81. The molecule has 0 aliphatic carbocycles. The van der Waals surface area contributed by atoms with E-state index in [0.717, 1.165) is 11.1 Å². The maximum Gasteiger partial charge on any atom is 0.416 e. The molecule has 0 saturated heterocycles. The number of amides is 1. The molecule has 1 amide bonds. The lowest BCUT2D eigenvalue weighted by molar-refractivity contribution is -0.141. The number of ether oxygens (including phenoxy) is 4. The number of methoxy groups -OCH3 is 2. The molecule has 0 spiro atoms.